The second-order valence-electron chi connectivity index (χ2n) is 6.20. The lowest BCUT2D eigenvalue weighted by molar-refractivity contribution is -0.118. The summed E-state index contributed by atoms with van der Waals surface area (Å²) in [5, 5.41) is 2.94. The van der Waals surface area contributed by atoms with Crippen LogP contribution in [0.2, 0.25) is 0 Å². The van der Waals surface area contributed by atoms with Crippen molar-refractivity contribution in [3.63, 3.8) is 0 Å². The number of hydrogen-bond acceptors (Lipinski definition) is 6. The van der Waals surface area contributed by atoms with Crippen molar-refractivity contribution in [3.05, 3.63) is 65.8 Å². The number of oxazole rings is 1. The molecule has 7 heteroatoms. The monoisotopic (exact) mass is 397 g/mol. The number of ether oxygens (including phenoxy) is 1. The average molecular weight is 398 g/mol. The van der Waals surface area contributed by atoms with E-state index in [1.807, 2.05) is 43.3 Å². The van der Waals surface area contributed by atoms with Gasteiger partial charge in [-0.1, -0.05) is 0 Å². The van der Waals surface area contributed by atoms with Gasteiger partial charge in [-0.3, -0.25) is 9.78 Å². The maximum atomic E-state index is 12.0. The number of thioether (sulfide) groups is 1. The summed E-state index contributed by atoms with van der Waals surface area (Å²) < 4.78 is 10.9. The van der Waals surface area contributed by atoms with Gasteiger partial charge < -0.3 is 14.5 Å². The summed E-state index contributed by atoms with van der Waals surface area (Å²) in [7, 11) is 1.63. The average Bonchev–Trinajstić information content (AvgIpc) is 3.09. The number of benzene rings is 1. The number of pyridine rings is 1. The molecule has 1 amide bonds. The van der Waals surface area contributed by atoms with E-state index >= 15 is 0 Å². The second-order valence-corrected chi connectivity index (χ2v) is 7.18. The Bertz CT molecular complexity index is 895. The molecule has 0 fully saturated rings. The Morgan fingerprint density at radius 1 is 1.18 bits per heavy atom. The van der Waals surface area contributed by atoms with Crippen LogP contribution in [0.5, 0.6) is 5.75 Å². The van der Waals surface area contributed by atoms with Crippen LogP contribution in [0.3, 0.4) is 0 Å². The van der Waals surface area contributed by atoms with Crippen molar-refractivity contribution in [1.29, 1.82) is 0 Å². The van der Waals surface area contributed by atoms with E-state index in [9.17, 15) is 4.79 Å². The first-order valence-electron chi connectivity index (χ1n) is 9.00. The predicted molar refractivity (Wildman–Crippen MR) is 110 cm³/mol. The zero-order valence-electron chi connectivity index (χ0n) is 16.0. The molecular formula is C21H23N3O3S. The highest BCUT2D eigenvalue weighted by molar-refractivity contribution is 7.99. The zero-order valence-corrected chi connectivity index (χ0v) is 16.8. The smallest absolute Gasteiger partial charge is 0.230 e. The number of carbonyl (C=O) groups excluding carboxylic acids is 1. The first kappa shape index (κ1) is 19.9. The molecule has 146 valence electrons. The highest BCUT2D eigenvalue weighted by Crippen LogP contribution is 2.25. The number of nitrogens with zero attached hydrogens (tertiary/aromatic N) is 2. The number of nitrogens with one attached hydrogen (secondary N) is 1. The minimum absolute atomic E-state index is 0.0237. The van der Waals surface area contributed by atoms with Crippen molar-refractivity contribution < 1.29 is 13.9 Å². The molecule has 2 heterocycles. The summed E-state index contributed by atoms with van der Waals surface area (Å²) in [5.41, 5.74) is 2.92. The van der Waals surface area contributed by atoms with Crippen LogP contribution in [0.15, 0.2) is 53.2 Å². The minimum atomic E-state index is 0.0237. The second kappa shape index (κ2) is 9.94. The van der Waals surface area contributed by atoms with Gasteiger partial charge >= 0.3 is 0 Å². The molecule has 0 aliphatic heterocycles. The normalized spacial score (nSPS) is 10.6. The highest BCUT2D eigenvalue weighted by Gasteiger charge is 2.12. The van der Waals surface area contributed by atoms with Crippen molar-refractivity contribution in [2.45, 2.75) is 19.1 Å². The van der Waals surface area contributed by atoms with E-state index in [0.717, 1.165) is 34.8 Å². The van der Waals surface area contributed by atoms with Crippen molar-refractivity contribution >= 4 is 17.7 Å². The fraction of sp³-hybridized carbons (Fsp3) is 0.286. The molecule has 2 aromatic heterocycles. The Hall–Kier alpha value is -2.80. The van der Waals surface area contributed by atoms with Gasteiger partial charge in [-0.05, 0) is 55.3 Å². The van der Waals surface area contributed by atoms with Gasteiger partial charge in [-0.15, -0.1) is 11.8 Å². The van der Waals surface area contributed by atoms with E-state index in [1.165, 1.54) is 11.8 Å². The van der Waals surface area contributed by atoms with Crippen LogP contribution < -0.4 is 10.1 Å². The molecule has 0 unspecified atom stereocenters. The number of methoxy groups -OCH3 is 1. The van der Waals surface area contributed by atoms with Crippen molar-refractivity contribution in [3.8, 4) is 17.2 Å². The number of carbonyl (C=O) groups is 1. The van der Waals surface area contributed by atoms with Crippen molar-refractivity contribution in [2.24, 2.45) is 0 Å². The summed E-state index contributed by atoms with van der Waals surface area (Å²) in [6, 6.07) is 11.5. The zero-order chi connectivity index (χ0) is 19.8. The Balaban J connectivity index is 1.44. The molecule has 3 rings (SSSR count). The molecular weight excluding hydrogens is 374 g/mol. The van der Waals surface area contributed by atoms with E-state index in [1.54, 1.807) is 19.5 Å². The van der Waals surface area contributed by atoms with E-state index in [4.69, 9.17) is 9.15 Å². The third-order valence-corrected chi connectivity index (χ3v) is 5.13. The maximum Gasteiger partial charge on any atom is 0.230 e. The molecule has 0 bridgehead atoms. The molecule has 0 atom stereocenters. The van der Waals surface area contributed by atoms with Crippen LogP contribution >= 0.6 is 11.8 Å². The van der Waals surface area contributed by atoms with Crippen LogP contribution in [-0.4, -0.2) is 35.3 Å². The third-order valence-electron chi connectivity index (χ3n) is 4.19. The standard InChI is InChI=1S/C21H23N3O3S/c1-15-19(24-21(27-15)17-3-5-18(26-2)6-4-17)13-28-14-20(25)23-12-9-16-7-10-22-11-8-16/h3-8,10-11H,9,12-14H2,1-2H3,(H,23,25). The summed E-state index contributed by atoms with van der Waals surface area (Å²) >= 11 is 1.52. The first-order chi connectivity index (χ1) is 13.7. The molecule has 1 N–H and O–H groups in total. The van der Waals surface area contributed by atoms with Gasteiger partial charge in [0, 0.05) is 30.3 Å². The maximum absolute atomic E-state index is 12.0. The SMILES string of the molecule is COc1ccc(-c2nc(CSCC(=O)NCCc3ccncc3)c(C)o2)cc1. The Labute approximate surface area is 168 Å². The van der Waals surface area contributed by atoms with E-state index in [2.05, 4.69) is 15.3 Å². The Morgan fingerprint density at radius 3 is 2.64 bits per heavy atom. The molecule has 28 heavy (non-hydrogen) atoms. The topological polar surface area (TPSA) is 77.2 Å². The summed E-state index contributed by atoms with van der Waals surface area (Å²) in [4.78, 5) is 20.5. The van der Waals surface area contributed by atoms with Gasteiger partial charge in [0.05, 0.1) is 18.6 Å². The van der Waals surface area contributed by atoms with Gasteiger partial charge in [0.15, 0.2) is 0 Å². The fourth-order valence-electron chi connectivity index (χ4n) is 2.61. The number of rotatable bonds is 9. The molecule has 6 nitrogen and oxygen atoms in total. The number of amides is 1. The lowest BCUT2D eigenvalue weighted by Crippen LogP contribution is -2.27. The van der Waals surface area contributed by atoms with Gasteiger partial charge in [-0.2, -0.15) is 0 Å². The van der Waals surface area contributed by atoms with Crippen LogP contribution in [0.1, 0.15) is 17.0 Å². The molecule has 0 radical (unpaired) electrons. The van der Waals surface area contributed by atoms with Gasteiger partial charge in [-0.25, -0.2) is 4.98 Å². The first-order valence-corrected chi connectivity index (χ1v) is 10.2. The Kier molecular flexibility index (Phi) is 7.08. The molecule has 0 aliphatic rings. The minimum Gasteiger partial charge on any atom is -0.497 e. The Morgan fingerprint density at radius 2 is 1.93 bits per heavy atom. The molecule has 1 aromatic carbocycles. The summed E-state index contributed by atoms with van der Waals surface area (Å²) in [6.07, 6.45) is 4.31. The largest absolute Gasteiger partial charge is 0.497 e. The quantitative estimate of drug-likeness (QED) is 0.594. The van der Waals surface area contributed by atoms with Crippen LogP contribution in [-0.2, 0) is 17.0 Å². The lowest BCUT2D eigenvalue weighted by atomic mass is 10.2. The van der Waals surface area contributed by atoms with Crippen molar-refractivity contribution in [2.75, 3.05) is 19.4 Å². The number of aromatic nitrogens is 2. The summed E-state index contributed by atoms with van der Waals surface area (Å²) in [5.74, 6) is 3.19. The molecule has 0 aliphatic carbocycles. The number of hydrogen-bond donors (Lipinski definition) is 1. The lowest BCUT2D eigenvalue weighted by Gasteiger charge is -2.05. The van der Waals surface area contributed by atoms with Crippen LogP contribution in [0, 0.1) is 6.92 Å². The van der Waals surface area contributed by atoms with Gasteiger partial charge in [0.25, 0.3) is 0 Å². The number of aryl methyl sites for hydroxylation is 1. The highest BCUT2D eigenvalue weighted by atomic mass is 32.2. The summed E-state index contributed by atoms with van der Waals surface area (Å²) in [6.45, 7) is 2.51. The van der Waals surface area contributed by atoms with E-state index < -0.39 is 0 Å². The third kappa shape index (κ3) is 5.60. The fourth-order valence-corrected chi connectivity index (χ4v) is 3.46. The van der Waals surface area contributed by atoms with E-state index in [0.29, 0.717) is 23.9 Å². The predicted octanol–water partition coefficient (Wildman–Crippen LogP) is 3.65. The van der Waals surface area contributed by atoms with Crippen LogP contribution in [0.25, 0.3) is 11.5 Å². The van der Waals surface area contributed by atoms with Gasteiger partial charge in [0.1, 0.15) is 11.5 Å². The molecule has 0 spiro atoms. The van der Waals surface area contributed by atoms with Gasteiger partial charge in [0.2, 0.25) is 11.8 Å². The molecule has 0 saturated carbocycles. The van der Waals surface area contributed by atoms with Crippen LogP contribution in [0.4, 0.5) is 0 Å². The van der Waals surface area contributed by atoms with Crippen molar-refractivity contribution in [1.82, 2.24) is 15.3 Å². The van der Waals surface area contributed by atoms with E-state index in [-0.39, 0.29) is 5.91 Å². The molecule has 0 saturated heterocycles. The molecule has 3 aromatic rings.